The van der Waals surface area contributed by atoms with E-state index in [1.807, 2.05) is 0 Å². The van der Waals surface area contributed by atoms with Crippen LogP contribution in [0, 0.1) is 5.82 Å². The summed E-state index contributed by atoms with van der Waals surface area (Å²) in [4.78, 5) is 27.5. The molecule has 1 atom stereocenters. The SMILES string of the molecule is C=CC(=O)N(C)c1ccc(C(=O)N2CCC(Oc3cccc(F)c3)C2)cc1. The lowest BCUT2D eigenvalue weighted by Gasteiger charge is -2.19. The van der Waals surface area contributed by atoms with Gasteiger partial charge in [-0.2, -0.15) is 0 Å². The number of ether oxygens (including phenoxy) is 1. The fraction of sp³-hybridized carbons (Fsp3) is 0.238. The second kappa shape index (κ2) is 8.03. The van der Waals surface area contributed by atoms with Crippen LogP contribution in [-0.2, 0) is 4.79 Å². The van der Waals surface area contributed by atoms with Crippen molar-refractivity contribution in [1.82, 2.24) is 4.90 Å². The highest BCUT2D eigenvalue weighted by atomic mass is 19.1. The third-order valence-corrected chi connectivity index (χ3v) is 4.54. The Kier molecular flexibility index (Phi) is 5.54. The van der Waals surface area contributed by atoms with Gasteiger partial charge >= 0.3 is 0 Å². The lowest BCUT2D eigenvalue weighted by molar-refractivity contribution is -0.113. The predicted molar refractivity (Wildman–Crippen MR) is 101 cm³/mol. The molecule has 140 valence electrons. The van der Waals surface area contributed by atoms with Crippen molar-refractivity contribution in [2.45, 2.75) is 12.5 Å². The van der Waals surface area contributed by atoms with E-state index in [1.54, 1.807) is 48.3 Å². The zero-order chi connectivity index (χ0) is 19.4. The Morgan fingerprint density at radius 1 is 1.26 bits per heavy atom. The number of likely N-dealkylation sites (tertiary alicyclic amines) is 1. The Bertz CT molecular complexity index is 851. The summed E-state index contributed by atoms with van der Waals surface area (Å²) in [6.45, 7) is 4.49. The fourth-order valence-corrected chi connectivity index (χ4v) is 3.02. The molecule has 0 aromatic heterocycles. The molecule has 3 rings (SSSR count). The third kappa shape index (κ3) is 4.34. The van der Waals surface area contributed by atoms with E-state index in [9.17, 15) is 14.0 Å². The number of carbonyl (C=O) groups is 2. The van der Waals surface area contributed by atoms with Crippen LogP contribution < -0.4 is 9.64 Å². The molecule has 0 radical (unpaired) electrons. The van der Waals surface area contributed by atoms with Gasteiger partial charge < -0.3 is 14.5 Å². The van der Waals surface area contributed by atoms with Crippen LogP contribution in [0.25, 0.3) is 0 Å². The summed E-state index contributed by atoms with van der Waals surface area (Å²) in [5.41, 5.74) is 1.23. The zero-order valence-electron chi connectivity index (χ0n) is 15.1. The van der Waals surface area contributed by atoms with Gasteiger partial charge in [0.05, 0.1) is 6.54 Å². The standard InChI is InChI=1S/C21H21FN2O3/c1-3-20(25)23(2)17-9-7-15(8-10-17)21(26)24-12-11-19(14-24)27-18-6-4-5-16(22)13-18/h3-10,13,19H,1,11-12,14H2,2H3. The summed E-state index contributed by atoms with van der Waals surface area (Å²) in [5, 5.41) is 0. The van der Waals surface area contributed by atoms with E-state index in [0.29, 0.717) is 36.5 Å². The number of rotatable bonds is 5. The summed E-state index contributed by atoms with van der Waals surface area (Å²) in [6.07, 6.45) is 1.77. The zero-order valence-corrected chi connectivity index (χ0v) is 15.1. The van der Waals surface area contributed by atoms with Crippen LogP contribution >= 0.6 is 0 Å². The molecule has 0 saturated carbocycles. The Morgan fingerprint density at radius 3 is 2.67 bits per heavy atom. The first-order valence-corrected chi connectivity index (χ1v) is 8.69. The molecule has 27 heavy (non-hydrogen) atoms. The van der Waals surface area contributed by atoms with Gasteiger partial charge in [-0.15, -0.1) is 0 Å². The number of carbonyl (C=O) groups excluding carboxylic acids is 2. The maximum absolute atomic E-state index is 13.3. The van der Waals surface area contributed by atoms with Gasteiger partial charge in [-0.3, -0.25) is 9.59 Å². The van der Waals surface area contributed by atoms with E-state index in [1.165, 1.54) is 23.1 Å². The van der Waals surface area contributed by atoms with Gasteiger partial charge in [0, 0.05) is 37.3 Å². The van der Waals surface area contributed by atoms with Crippen LogP contribution in [0.4, 0.5) is 10.1 Å². The number of benzene rings is 2. The van der Waals surface area contributed by atoms with E-state index in [2.05, 4.69) is 6.58 Å². The monoisotopic (exact) mass is 368 g/mol. The van der Waals surface area contributed by atoms with Crippen molar-refractivity contribution in [3.05, 3.63) is 72.6 Å². The van der Waals surface area contributed by atoms with Gasteiger partial charge in [0.25, 0.3) is 5.91 Å². The molecule has 0 spiro atoms. The highest BCUT2D eigenvalue weighted by Gasteiger charge is 2.28. The molecule has 1 fully saturated rings. The number of hydrogen-bond donors (Lipinski definition) is 0. The number of amides is 2. The quantitative estimate of drug-likeness (QED) is 0.761. The first-order chi connectivity index (χ1) is 13.0. The fourth-order valence-electron chi connectivity index (χ4n) is 3.02. The molecule has 0 N–H and O–H groups in total. The number of halogens is 1. The molecule has 6 heteroatoms. The van der Waals surface area contributed by atoms with Gasteiger partial charge in [-0.25, -0.2) is 4.39 Å². The first-order valence-electron chi connectivity index (χ1n) is 8.69. The van der Waals surface area contributed by atoms with Gasteiger partial charge in [0.1, 0.15) is 17.7 Å². The van der Waals surface area contributed by atoms with Gasteiger partial charge in [0.2, 0.25) is 5.91 Å². The molecular weight excluding hydrogens is 347 g/mol. The van der Waals surface area contributed by atoms with Crippen molar-refractivity contribution < 1.29 is 18.7 Å². The molecular formula is C21H21FN2O3. The largest absolute Gasteiger partial charge is 0.488 e. The minimum atomic E-state index is -0.349. The van der Waals surface area contributed by atoms with Crippen LogP contribution in [0.15, 0.2) is 61.2 Å². The summed E-state index contributed by atoms with van der Waals surface area (Å²) in [7, 11) is 1.65. The van der Waals surface area contributed by atoms with Crippen molar-refractivity contribution in [3.63, 3.8) is 0 Å². The summed E-state index contributed by atoms with van der Waals surface area (Å²) >= 11 is 0. The molecule has 1 saturated heterocycles. The topological polar surface area (TPSA) is 49.9 Å². The van der Waals surface area contributed by atoms with Crippen molar-refractivity contribution in [1.29, 1.82) is 0 Å². The molecule has 2 aromatic rings. The molecule has 1 unspecified atom stereocenters. The number of hydrogen-bond acceptors (Lipinski definition) is 3. The van der Waals surface area contributed by atoms with Crippen molar-refractivity contribution in [2.24, 2.45) is 0 Å². The van der Waals surface area contributed by atoms with Crippen molar-refractivity contribution >= 4 is 17.5 Å². The molecule has 0 aliphatic carbocycles. The Hall–Kier alpha value is -3.15. The number of nitrogens with zero attached hydrogens (tertiary/aromatic N) is 2. The van der Waals surface area contributed by atoms with Gasteiger partial charge in [-0.05, 0) is 42.5 Å². The van der Waals surface area contributed by atoms with E-state index in [4.69, 9.17) is 4.74 Å². The van der Waals surface area contributed by atoms with E-state index < -0.39 is 0 Å². The predicted octanol–water partition coefficient (Wildman–Crippen LogP) is 3.27. The smallest absolute Gasteiger partial charge is 0.253 e. The lowest BCUT2D eigenvalue weighted by atomic mass is 10.1. The van der Waals surface area contributed by atoms with Crippen LogP contribution in [0.3, 0.4) is 0 Å². The van der Waals surface area contributed by atoms with Crippen LogP contribution in [0.5, 0.6) is 5.75 Å². The number of likely N-dealkylation sites (N-methyl/N-ethyl adjacent to an activating group) is 1. The molecule has 0 bridgehead atoms. The average Bonchev–Trinajstić information content (AvgIpc) is 3.14. The van der Waals surface area contributed by atoms with Crippen LogP contribution in [0.1, 0.15) is 16.8 Å². The maximum Gasteiger partial charge on any atom is 0.253 e. The molecule has 1 aliphatic heterocycles. The molecule has 2 aromatic carbocycles. The van der Waals surface area contributed by atoms with E-state index >= 15 is 0 Å². The van der Waals surface area contributed by atoms with Crippen LogP contribution in [-0.4, -0.2) is 43.0 Å². The molecule has 5 nitrogen and oxygen atoms in total. The highest BCUT2D eigenvalue weighted by molar-refractivity contribution is 6.01. The minimum absolute atomic E-state index is 0.0930. The number of anilines is 1. The van der Waals surface area contributed by atoms with Crippen LogP contribution in [0.2, 0.25) is 0 Å². The second-order valence-electron chi connectivity index (χ2n) is 6.39. The van der Waals surface area contributed by atoms with Gasteiger partial charge in [-0.1, -0.05) is 12.6 Å². The Balaban J connectivity index is 1.61. The molecule has 2 amide bonds. The van der Waals surface area contributed by atoms with E-state index in [0.717, 1.165) is 0 Å². The first kappa shape index (κ1) is 18.6. The van der Waals surface area contributed by atoms with Crippen molar-refractivity contribution in [3.8, 4) is 5.75 Å². The van der Waals surface area contributed by atoms with Crippen molar-refractivity contribution in [2.75, 3.05) is 25.0 Å². The average molecular weight is 368 g/mol. The highest BCUT2D eigenvalue weighted by Crippen LogP contribution is 2.22. The summed E-state index contributed by atoms with van der Waals surface area (Å²) < 4.78 is 19.0. The van der Waals surface area contributed by atoms with Gasteiger partial charge in [0.15, 0.2) is 0 Å². The second-order valence-corrected chi connectivity index (χ2v) is 6.39. The third-order valence-electron chi connectivity index (χ3n) is 4.54. The Labute approximate surface area is 157 Å². The minimum Gasteiger partial charge on any atom is -0.488 e. The lowest BCUT2D eigenvalue weighted by Crippen LogP contribution is -2.31. The molecule has 1 aliphatic rings. The normalized spacial score (nSPS) is 16.1. The maximum atomic E-state index is 13.3. The molecule has 1 heterocycles. The summed E-state index contributed by atoms with van der Waals surface area (Å²) in [5.74, 6) is -0.192. The Morgan fingerprint density at radius 2 is 2.00 bits per heavy atom. The van der Waals surface area contributed by atoms with E-state index in [-0.39, 0.29) is 23.7 Å². The summed E-state index contributed by atoms with van der Waals surface area (Å²) in [6, 6.07) is 12.9.